The van der Waals surface area contributed by atoms with Gasteiger partial charge in [0, 0.05) is 35.5 Å². The zero-order chi connectivity index (χ0) is 20.1. The summed E-state index contributed by atoms with van der Waals surface area (Å²) in [6.45, 7) is 3.92. The Balaban J connectivity index is 1.43. The number of rotatable bonds is 7. The fraction of sp³-hybridized carbons (Fsp3) is 0.278. The lowest BCUT2D eigenvalue weighted by atomic mass is 10.2. The van der Waals surface area contributed by atoms with Gasteiger partial charge in [-0.2, -0.15) is 10.2 Å². The number of benzene rings is 1. The Morgan fingerprint density at radius 2 is 1.96 bits per heavy atom. The van der Waals surface area contributed by atoms with Crippen LogP contribution in [0.25, 0.3) is 0 Å². The van der Waals surface area contributed by atoms with Gasteiger partial charge in [0.25, 0.3) is 0 Å². The zero-order valence-electron chi connectivity index (χ0n) is 15.1. The minimum Gasteiger partial charge on any atom is -0.362 e. The first-order valence-corrected chi connectivity index (χ1v) is 10.2. The van der Waals surface area contributed by atoms with Crippen LogP contribution in [0.5, 0.6) is 0 Å². The van der Waals surface area contributed by atoms with Crippen molar-refractivity contribution in [3.63, 3.8) is 0 Å². The third-order valence-corrected chi connectivity index (χ3v) is 5.18. The number of nitrogens with zero attached hydrogens (tertiary/aromatic N) is 4. The van der Waals surface area contributed by atoms with Crippen LogP contribution in [0.2, 0.25) is 15.1 Å². The van der Waals surface area contributed by atoms with Gasteiger partial charge < -0.3 is 10.6 Å². The lowest BCUT2D eigenvalue weighted by Crippen LogP contribution is -2.29. The highest BCUT2D eigenvalue weighted by Crippen LogP contribution is 2.22. The Bertz CT molecular complexity index is 949. The van der Waals surface area contributed by atoms with E-state index in [0.717, 1.165) is 36.5 Å². The molecular formula is C18H19Cl3N6S. The topological polar surface area (TPSA) is 59.7 Å². The van der Waals surface area contributed by atoms with Gasteiger partial charge in [-0.15, -0.1) is 0 Å². The third-order valence-electron chi connectivity index (χ3n) is 3.97. The van der Waals surface area contributed by atoms with Crippen LogP contribution < -0.4 is 10.6 Å². The predicted molar refractivity (Wildman–Crippen MR) is 119 cm³/mol. The molecule has 2 N–H and O–H groups in total. The fourth-order valence-corrected chi connectivity index (χ4v) is 3.40. The molecule has 0 saturated heterocycles. The Kier molecular flexibility index (Phi) is 7.18. The first-order valence-electron chi connectivity index (χ1n) is 8.61. The van der Waals surface area contributed by atoms with E-state index in [2.05, 4.69) is 20.8 Å². The van der Waals surface area contributed by atoms with Crippen molar-refractivity contribution in [1.82, 2.24) is 24.9 Å². The second kappa shape index (κ2) is 9.60. The van der Waals surface area contributed by atoms with Crippen LogP contribution in [-0.4, -0.2) is 31.2 Å². The van der Waals surface area contributed by atoms with Gasteiger partial charge in [0.05, 0.1) is 29.1 Å². The summed E-state index contributed by atoms with van der Waals surface area (Å²) in [6, 6.07) is 5.42. The molecule has 2 heterocycles. The lowest BCUT2D eigenvalue weighted by Gasteiger charge is -2.09. The Labute approximate surface area is 183 Å². The van der Waals surface area contributed by atoms with Gasteiger partial charge in [-0.1, -0.05) is 40.9 Å². The number of nitrogens with one attached hydrogen (secondary N) is 2. The van der Waals surface area contributed by atoms with Crippen molar-refractivity contribution in [2.75, 3.05) is 11.9 Å². The van der Waals surface area contributed by atoms with Crippen LogP contribution in [0.1, 0.15) is 17.7 Å². The van der Waals surface area contributed by atoms with Crippen molar-refractivity contribution >= 4 is 57.8 Å². The van der Waals surface area contributed by atoms with E-state index >= 15 is 0 Å². The summed E-state index contributed by atoms with van der Waals surface area (Å²) >= 11 is 23.5. The molecule has 0 unspecified atom stereocenters. The number of thiocarbonyl (C=S) groups is 1. The molecule has 0 aliphatic carbocycles. The number of aryl methyl sites for hydroxylation is 2. The van der Waals surface area contributed by atoms with Gasteiger partial charge in [-0.3, -0.25) is 9.36 Å². The molecule has 10 heteroatoms. The number of hydrogen-bond acceptors (Lipinski definition) is 3. The van der Waals surface area contributed by atoms with E-state index in [0.29, 0.717) is 26.7 Å². The molecule has 0 radical (unpaired) electrons. The maximum absolute atomic E-state index is 6.21. The van der Waals surface area contributed by atoms with Crippen LogP contribution in [0, 0.1) is 6.92 Å². The number of hydrogen-bond donors (Lipinski definition) is 2. The van der Waals surface area contributed by atoms with Gasteiger partial charge in [0.15, 0.2) is 5.11 Å². The zero-order valence-corrected chi connectivity index (χ0v) is 18.2. The normalized spacial score (nSPS) is 10.9. The highest BCUT2D eigenvalue weighted by atomic mass is 35.5. The number of aromatic nitrogens is 4. The lowest BCUT2D eigenvalue weighted by molar-refractivity contribution is 0.570. The molecule has 0 atom stereocenters. The van der Waals surface area contributed by atoms with Gasteiger partial charge >= 0.3 is 0 Å². The summed E-state index contributed by atoms with van der Waals surface area (Å²) in [4.78, 5) is 0. The maximum atomic E-state index is 6.21. The van der Waals surface area contributed by atoms with E-state index in [9.17, 15) is 0 Å². The molecule has 0 bridgehead atoms. The molecule has 0 aliphatic rings. The molecule has 3 aromatic rings. The summed E-state index contributed by atoms with van der Waals surface area (Å²) < 4.78 is 3.62. The number of halogens is 3. The molecule has 0 aliphatic heterocycles. The molecule has 28 heavy (non-hydrogen) atoms. The molecule has 3 rings (SSSR count). The van der Waals surface area contributed by atoms with Crippen LogP contribution >= 0.6 is 47.0 Å². The smallest absolute Gasteiger partial charge is 0.170 e. The van der Waals surface area contributed by atoms with Crippen LogP contribution in [0.4, 0.5) is 5.69 Å². The van der Waals surface area contributed by atoms with E-state index in [1.54, 1.807) is 16.9 Å². The van der Waals surface area contributed by atoms with Crippen molar-refractivity contribution in [3.8, 4) is 0 Å². The molecule has 0 amide bonds. The predicted octanol–water partition coefficient (Wildman–Crippen LogP) is 4.77. The molecule has 0 saturated carbocycles. The van der Waals surface area contributed by atoms with Crippen molar-refractivity contribution in [2.45, 2.75) is 26.4 Å². The minimum absolute atomic E-state index is 0.541. The van der Waals surface area contributed by atoms with E-state index in [-0.39, 0.29) is 0 Å². The third kappa shape index (κ3) is 5.85. The van der Waals surface area contributed by atoms with Crippen molar-refractivity contribution in [2.24, 2.45) is 0 Å². The average molecular weight is 458 g/mol. The van der Waals surface area contributed by atoms with Crippen LogP contribution in [0.3, 0.4) is 0 Å². The Morgan fingerprint density at radius 1 is 1.14 bits per heavy atom. The van der Waals surface area contributed by atoms with Crippen molar-refractivity contribution in [3.05, 3.63) is 63.1 Å². The summed E-state index contributed by atoms with van der Waals surface area (Å²) in [5.41, 5.74) is 2.58. The molecule has 0 fully saturated rings. The molecule has 1 aromatic carbocycles. The van der Waals surface area contributed by atoms with Crippen LogP contribution in [-0.2, 0) is 13.1 Å². The largest absolute Gasteiger partial charge is 0.362 e. The Hall–Kier alpha value is -1.80. The van der Waals surface area contributed by atoms with E-state index < -0.39 is 0 Å². The first-order chi connectivity index (χ1) is 13.4. The molecule has 148 valence electrons. The second-order valence-corrected chi connectivity index (χ2v) is 7.88. The van der Waals surface area contributed by atoms with Crippen molar-refractivity contribution < 1.29 is 0 Å². The van der Waals surface area contributed by atoms with Gasteiger partial charge in [-0.25, -0.2) is 0 Å². The number of anilines is 1. The SMILES string of the molecule is Cc1nn(CCCNC(=S)Nc2cnn(Cc3ccc(Cl)cc3Cl)c2)cc1Cl. The molecule has 6 nitrogen and oxygen atoms in total. The second-order valence-electron chi connectivity index (χ2n) is 6.22. The monoisotopic (exact) mass is 456 g/mol. The van der Waals surface area contributed by atoms with E-state index in [1.807, 2.05) is 36.1 Å². The minimum atomic E-state index is 0.541. The fourth-order valence-electron chi connectivity index (χ4n) is 2.57. The average Bonchev–Trinajstić information content (AvgIpc) is 3.20. The van der Waals surface area contributed by atoms with Crippen LogP contribution in [0.15, 0.2) is 36.8 Å². The summed E-state index contributed by atoms with van der Waals surface area (Å²) in [5.74, 6) is 0. The maximum Gasteiger partial charge on any atom is 0.170 e. The van der Waals surface area contributed by atoms with Gasteiger partial charge in [-0.05, 0) is 43.3 Å². The van der Waals surface area contributed by atoms with E-state index in [4.69, 9.17) is 47.0 Å². The standard InChI is InChI=1S/C18H19Cl3N6S/c1-12-17(21)11-26(25-12)6-2-5-22-18(28)24-15-8-23-27(10-15)9-13-3-4-14(19)7-16(13)20/h3-4,7-8,10-11H,2,5-6,9H2,1H3,(H2,22,24,28). The highest BCUT2D eigenvalue weighted by Gasteiger charge is 2.06. The summed E-state index contributed by atoms with van der Waals surface area (Å²) in [5, 5.41) is 17.4. The Morgan fingerprint density at radius 3 is 2.68 bits per heavy atom. The summed E-state index contributed by atoms with van der Waals surface area (Å²) in [6.07, 6.45) is 6.28. The van der Waals surface area contributed by atoms with E-state index in [1.165, 1.54) is 0 Å². The van der Waals surface area contributed by atoms with Gasteiger partial charge in [0.1, 0.15) is 0 Å². The molecule has 0 spiro atoms. The van der Waals surface area contributed by atoms with Gasteiger partial charge in [0.2, 0.25) is 0 Å². The van der Waals surface area contributed by atoms with Crippen molar-refractivity contribution in [1.29, 1.82) is 0 Å². The summed E-state index contributed by atoms with van der Waals surface area (Å²) in [7, 11) is 0. The first kappa shape index (κ1) is 20.9. The quantitative estimate of drug-likeness (QED) is 0.395. The molecular weight excluding hydrogens is 439 g/mol. The molecule has 2 aromatic heterocycles. The highest BCUT2D eigenvalue weighted by molar-refractivity contribution is 7.80.